The predicted octanol–water partition coefficient (Wildman–Crippen LogP) is 4.18. The fourth-order valence-electron chi connectivity index (χ4n) is 2.56. The Bertz CT molecular complexity index is 1000. The standard InChI is InChI=1S/C21H22N4O3/c1-13-11-18(25-28-13)24-19(26)14-9-10-22-17(12-14)20(27)23-16-7-5-15(6-8-16)21(2,3)4/h5-12H,1-4H3,(H,23,27)(H,24,25,26). The molecule has 3 rings (SSSR count). The van der Waals surface area contributed by atoms with Crippen molar-refractivity contribution in [2.75, 3.05) is 10.6 Å². The zero-order valence-electron chi connectivity index (χ0n) is 16.2. The van der Waals surface area contributed by atoms with Gasteiger partial charge in [-0.15, -0.1) is 0 Å². The van der Waals surface area contributed by atoms with E-state index in [1.807, 2.05) is 24.3 Å². The second-order valence-electron chi connectivity index (χ2n) is 7.49. The Morgan fingerprint density at radius 1 is 0.964 bits per heavy atom. The fourth-order valence-corrected chi connectivity index (χ4v) is 2.56. The van der Waals surface area contributed by atoms with Gasteiger partial charge in [0.1, 0.15) is 11.5 Å². The molecular formula is C21H22N4O3. The summed E-state index contributed by atoms with van der Waals surface area (Å²) < 4.78 is 4.92. The van der Waals surface area contributed by atoms with Gasteiger partial charge >= 0.3 is 0 Å². The molecule has 0 aliphatic carbocycles. The molecule has 2 N–H and O–H groups in total. The van der Waals surface area contributed by atoms with Crippen molar-refractivity contribution in [3.05, 3.63) is 71.2 Å². The van der Waals surface area contributed by atoms with E-state index >= 15 is 0 Å². The molecule has 7 heteroatoms. The van der Waals surface area contributed by atoms with E-state index in [0.29, 0.717) is 22.8 Å². The van der Waals surface area contributed by atoms with Gasteiger partial charge in [0.25, 0.3) is 11.8 Å². The Labute approximate surface area is 163 Å². The SMILES string of the molecule is Cc1cc(NC(=O)c2ccnc(C(=O)Nc3ccc(C(C)(C)C)cc3)c2)no1. The number of benzene rings is 1. The van der Waals surface area contributed by atoms with Crippen LogP contribution in [-0.2, 0) is 5.41 Å². The molecule has 0 radical (unpaired) electrons. The first-order chi connectivity index (χ1) is 13.2. The van der Waals surface area contributed by atoms with Crippen LogP contribution in [0.1, 0.15) is 52.9 Å². The summed E-state index contributed by atoms with van der Waals surface area (Å²) in [5.41, 5.74) is 2.31. The molecule has 3 aromatic rings. The van der Waals surface area contributed by atoms with E-state index in [0.717, 1.165) is 0 Å². The summed E-state index contributed by atoms with van der Waals surface area (Å²) in [6, 6.07) is 12.2. The summed E-state index contributed by atoms with van der Waals surface area (Å²) in [5, 5.41) is 9.12. The van der Waals surface area contributed by atoms with Crippen molar-refractivity contribution in [3.8, 4) is 0 Å². The number of carbonyl (C=O) groups is 2. The van der Waals surface area contributed by atoms with Gasteiger partial charge in [-0.1, -0.05) is 38.1 Å². The first-order valence-corrected chi connectivity index (χ1v) is 8.85. The van der Waals surface area contributed by atoms with E-state index in [1.165, 1.54) is 23.9 Å². The molecule has 0 aliphatic heterocycles. The predicted molar refractivity (Wildman–Crippen MR) is 107 cm³/mol. The first-order valence-electron chi connectivity index (χ1n) is 8.85. The van der Waals surface area contributed by atoms with Gasteiger partial charge in [0.05, 0.1) is 0 Å². The molecule has 0 atom stereocenters. The third kappa shape index (κ3) is 4.62. The molecule has 28 heavy (non-hydrogen) atoms. The van der Waals surface area contributed by atoms with Gasteiger partial charge in [-0.25, -0.2) is 0 Å². The van der Waals surface area contributed by atoms with Gasteiger partial charge in [-0.05, 0) is 42.2 Å². The average molecular weight is 378 g/mol. The molecule has 2 amide bonds. The lowest BCUT2D eigenvalue weighted by Crippen LogP contribution is -2.17. The topological polar surface area (TPSA) is 97.1 Å². The number of rotatable bonds is 4. The molecule has 0 fully saturated rings. The molecular weight excluding hydrogens is 356 g/mol. The Balaban J connectivity index is 1.70. The Hall–Kier alpha value is -3.48. The summed E-state index contributed by atoms with van der Waals surface area (Å²) in [5.74, 6) is 0.0987. The molecule has 0 spiro atoms. The zero-order valence-corrected chi connectivity index (χ0v) is 16.2. The maximum atomic E-state index is 12.5. The number of hydrogen-bond acceptors (Lipinski definition) is 5. The molecule has 0 bridgehead atoms. The summed E-state index contributed by atoms with van der Waals surface area (Å²) >= 11 is 0. The molecule has 2 aromatic heterocycles. The summed E-state index contributed by atoms with van der Waals surface area (Å²) in [6.45, 7) is 8.11. The summed E-state index contributed by atoms with van der Waals surface area (Å²) in [4.78, 5) is 28.9. The maximum Gasteiger partial charge on any atom is 0.274 e. The van der Waals surface area contributed by atoms with Crippen LogP contribution < -0.4 is 10.6 Å². The molecule has 0 saturated heterocycles. The number of nitrogens with zero attached hydrogens (tertiary/aromatic N) is 2. The van der Waals surface area contributed by atoms with Crippen LogP contribution in [0.15, 0.2) is 53.2 Å². The number of anilines is 2. The van der Waals surface area contributed by atoms with Crippen LogP contribution in [-0.4, -0.2) is 22.0 Å². The average Bonchev–Trinajstić information content (AvgIpc) is 3.06. The van der Waals surface area contributed by atoms with E-state index in [2.05, 4.69) is 41.5 Å². The molecule has 1 aromatic carbocycles. The second-order valence-corrected chi connectivity index (χ2v) is 7.49. The highest BCUT2D eigenvalue weighted by molar-refractivity contribution is 6.07. The number of hydrogen-bond donors (Lipinski definition) is 2. The highest BCUT2D eigenvalue weighted by Crippen LogP contribution is 2.23. The van der Waals surface area contributed by atoms with E-state index in [-0.39, 0.29) is 11.1 Å². The third-order valence-electron chi connectivity index (χ3n) is 4.13. The minimum atomic E-state index is -0.403. The molecule has 0 aliphatic rings. The van der Waals surface area contributed by atoms with Crippen LogP contribution in [0.25, 0.3) is 0 Å². The first kappa shape index (κ1) is 19.3. The number of pyridine rings is 1. The maximum absolute atomic E-state index is 12.5. The van der Waals surface area contributed by atoms with Crippen molar-refractivity contribution >= 4 is 23.3 Å². The lowest BCUT2D eigenvalue weighted by Gasteiger charge is -2.19. The van der Waals surface area contributed by atoms with Crippen LogP contribution in [0.4, 0.5) is 11.5 Å². The van der Waals surface area contributed by atoms with Crippen LogP contribution in [0.2, 0.25) is 0 Å². The third-order valence-corrected chi connectivity index (χ3v) is 4.13. The smallest absolute Gasteiger partial charge is 0.274 e. The number of aryl methyl sites for hydroxylation is 1. The molecule has 0 unspecified atom stereocenters. The van der Waals surface area contributed by atoms with Gasteiger partial charge in [0.15, 0.2) is 5.82 Å². The highest BCUT2D eigenvalue weighted by atomic mass is 16.5. The van der Waals surface area contributed by atoms with Crippen molar-refractivity contribution in [1.29, 1.82) is 0 Å². The Morgan fingerprint density at radius 2 is 1.68 bits per heavy atom. The Morgan fingerprint density at radius 3 is 2.29 bits per heavy atom. The lowest BCUT2D eigenvalue weighted by atomic mass is 9.87. The normalized spacial score (nSPS) is 11.1. The van der Waals surface area contributed by atoms with Crippen LogP contribution in [0.3, 0.4) is 0 Å². The zero-order chi connectivity index (χ0) is 20.3. The van der Waals surface area contributed by atoms with Gasteiger partial charge in [-0.3, -0.25) is 14.6 Å². The molecule has 0 saturated carbocycles. The summed E-state index contributed by atoms with van der Waals surface area (Å²) in [7, 11) is 0. The van der Waals surface area contributed by atoms with Gasteiger partial charge in [0, 0.05) is 23.5 Å². The number of amides is 2. The number of carbonyl (C=O) groups excluding carboxylic acids is 2. The second kappa shape index (κ2) is 7.64. The van der Waals surface area contributed by atoms with Gasteiger partial charge in [-0.2, -0.15) is 0 Å². The van der Waals surface area contributed by atoms with E-state index in [1.54, 1.807) is 13.0 Å². The summed E-state index contributed by atoms with van der Waals surface area (Å²) in [6.07, 6.45) is 1.42. The number of aromatic nitrogens is 2. The quantitative estimate of drug-likeness (QED) is 0.710. The van der Waals surface area contributed by atoms with E-state index in [4.69, 9.17) is 4.52 Å². The highest BCUT2D eigenvalue weighted by Gasteiger charge is 2.15. The van der Waals surface area contributed by atoms with Crippen molar-refractivity contribution < 1.29 is 14.1 Å². The van der Waals surface area contributed by atoms with E-state index in [9.17, 15) is 9.59 Å². The van der Waals surface area contributed by atoms with Crippen LogP contribution in [0.5, 0.6) is 0 Å². The molecule has 7 nitrogen and oxygen atoms in total. The largest absolute Gasteiger partial charge is 0.360 e. The van der Waals surface area contributed by atoms with Crippen molar-refractivity contribution in [3.63, 3.8) is 0 Å². The van der Waals surface area contributed by atoms with Crippen LogP contribution >= 0.6 is 0 Å². The van der Waals surface area contributed by atoms with E-state index < -0.39 is 11.8 Å². The minimum absolute atomic E-state index is 0.0359. The van der Waals surface area contributed by atoms with Crippen molar-refractivity contribution in [2.24, 2.45) is 0 Å². The molecule has 2 heterocycles. The van der Waals surface area contributed by atoms with Gasteiger partial charge in [0.2, 0.25) is 0 Å². The fraction of sp³-hybridized carbons (Fsp3) is 0.238. The van der Waals surface area contributed by atoms with Gasteiger partial charge < -0.3 is 15.2 Å². The molecule has 144 valence electrons. The Kier molecular flexibility index (Phi) is 5.26. The van der Waals surface area contributed by atoms with Crippen molar-refractivity contribution in [2.45, 2.75) is 33.1 Å². The van der Waals surface area contributed by atoms with Crippen LogP contribution in [0, 0.1) is 6.92 Å². The monoisotopic (exact) mass is 378 g/mol. The number of nitrogens with one attached hydrogen (secondary N) is 2. The minimum Gasteiger partial charge on any atom is -0.360 e. The van der Waals surface area contributed by atoms with Crippen molar-refractivity contribution in [1.82, 2.24) is 10.1 Å². The lowest BCUT2D eigenvalue weighted by molar-refractivity contribution is 0.102.